The normalized spacial score (nSPS) is 27.6. The third-order valence-corrected chi connectivity index (χ3v) is 5.70. The summed E-state index contributed by atoms with van der Waals surface area (Å²) in [5, 5.41) is 28.9. The van der Waals surface area contributed by atoms with Gasteiger partial charge in [-0.05, 0) is 25.3 Å². The van der Waals surface area contributed by atoms with E-state index in [0.717, 1.165) is 0 Å². The van der Waals surface area contributed by atoms with Crippen molar-refractivity contribution < 1.29 is 37.8 Å². The summed E-state index contributed by atoms with van der Waals surface area (Å²) in [6, 6.07) is -0.414. The molecule has 0 unspecified atom stereocenters. The number of carboxylic acid groups (broad SMARTS) is 1. The predicted octanol–water partition coefficient (Wildman–Crippen LogP) is -0.0857. The van der Waals surface area contributed by atoms with Gasteiger partial charge in [0.25, 0.3) is 0 Å². The number of aliphatic hydroxyl groups excluding tert-OH is 1. The molecular formula is C17H21F3N4O5. The van der Waals surface area contributed by atoms with E-state index in [1.807, 2.05) is 0 Å². The number of nitrogens with zero attached hydrogens (tertiary/aromatic N) is 2. The van der Waals surface area contributed by atoms with Crippen LogP contribution in [0.4, 0.5) is 13.2 Å². The Kier molecular flexibility index (Phi) is 5.32. The van der Waals surface area contributed by atoms with Gasteiger partial charge in [-0.15, -0.1) is 0 Å². The predicted molar refractivity (Wildman–Crippen MR) is 91.6 cm³/mol. The van der Waals surface area contributed by atoms with Crippen molar-refractivity contribution in [2.45, 2.75) is 38.1 Å². The van der Waals surface area contributed by atoms with E-state index in [9.17, 15) is 37.8 Å². The smallest absolute Gasteiger partial charge is 0.471 e. The Labute approximate surface area is 163 Å². The molecule has 0 aliphatic carbocycles. The van der Waals surface area contributed by atoms with Gasteiger partial charge in [0, 0.05) is 19.0 Å². The lowest BCUT2D eigenvalue weighted by atomic mass is 9.82. The number of hydrogen-bond acceptors (Lipinski definition) is 5. The maximum absolute atomic E-state index is 12.3. The number of carbonyl (C=O) groups is 3. The number of carbonyl (C=O) groups excluding carboxylic acids is 2. The van der Waals surface area contributed by atoms with Crippen LogP contribution in [0.5, 0.6) is 0 Å². The van der Waals surface area contributed by atoms with Gasteiger partial charge in [0.1, 0.15) is 11.5 Å². The topological polar surface area (TPSA) is 134 Å². The van der Waals surface area contributed by atoms with Crippen LogP contribution in [0.3, 0.4) is 0 Å². The lowest BCUT2D eigenvalue weighted by Gasteiger charge is -2.44. The van der Waals surface area contributed by atoms with Gasteiger partial charge in [-0.25, -0.2) is 4.79 Å². The molecule has 0 aromatic carbocycles. The minimum absolute atomic E-state index is 0.0966. The maximum atomic E-state index is 12.3. The number of hydrogen-bond donors (Lipinski definition) is 4. The van der Waals surface area contributed by atoms with Gasteiger partial charge >= 0.3 is 18.1 Å². The molecule has 0 bridgehead atoms. The monoisotopic (exact) mass is 418 g/mol. The second-order valence-corrected chi connectivity index (χ2v) is 7.48. The molecule has 3 rings (SSSR count). The number of aliphatic carboxylic acids is 1. The molecule has 12 heteroatoms. The molecule has 4 N–H and O–H groups in total. The first-order chi connectivity index (χ1) is 13.4. The average molecular weight is 418 g/mol. The van der Waals surface area contributed by atoms with Gasteiger partial charge in [-0.3, -0.25) is 15.0 Å². The van der Waals surface area contributed by atoms with E-state index >= 15 is 0 Å². The van der Waals surface area contributed by atoms with Crippen LogP contribution in [0.15, 0.2) is 11.3 Å². The van der Waals surface area contributed by atoms with Gasteiger partial charge in [-0.1, -0.05) is 0 Å². The van der Waals surface area contributed by atoms with Crippen molar-refractivity contribution in [2.24, 2.45) is 11.8 Å². The Morgan fingerprint density at radius 3 is 2.59 bits per heavy atom. The number of amides is 2. The van der Waals surface area contributed by atoms with Crippen LogP contribution in [0.2, 0.25) is 0 Å². The number of rotatable bonds is 5. The van der Waals surface area contributed by atoms with Gasteiger partial charge in [0.05, 0.1) is 24.6 Å². The van der Waals surface area contributed by atoms with Crippen molar-refractivity contribution in [1.29, 1.82) is 5.41 Å². The summed E-state index contributed by atoms with van der Waals surface area (Å²) in [6.45, 7) is 1.42. The summed E-state index contributed by atoms with van der Waals surface area (Å²) in [5.74, 6) is -4.96. The first-order valence-corrected chi connectivity index (χ1v) is 9.08. The highest BCUT2D eigenvalue weighted by Crippen LogP contribution is 2.47. The van der Waals surface area contributed by atoms with Crippen molar-refractivity contribution in [3.63, 3.8) is 0 Å². The molecule has 0 saturated carbocycles. The zero-order chi connectivity index (χ0) is 21.7. The molecule has 3 aliphatic heterocycles. The number of fused-ring (bicyclic) bond motifs is 1. The second kappa shape index (κ2) is 7.32. The zero-order valence-corrected chi connectivity index (χ0v) is 15.5. The fourth-order valence-electron chi connectivity index (χ4n) is 4.33. The van der Waals surface area contributed by atoms with Gasteiger partial charge < -0.3 is 25.3 Å². The molecule has 4 atom stereocenters. The van der Waals surface area contributed by atoms with E-state index in [4.69, 9.17) is 5.41 Å². The van der Waals surface area contributed by atoms with E-state index in [1.165, 1.54) is 16.7 Å². The number of halogens is 3. The van der Waals surface area contributed by atoms with Crippen LogP contribution in [0.25, 0.3) is 0 Å². The van der Waals surface area contributed by atoms with Crippen LogP contribution in [0, 0.1) is 17.2 Å². The van der Waals surface area contributed by atoms with Crippen LogP contribution in [0.1, 0.15) is 19.8 Å². The number of carboxylic acids is 1. The van der Waals surface area contributed by atoms with Crippen molar-refractivity contribution in [1.82, 2.24) is 15.1 Å². The van der Waals surface area contributed by atoms with E-state index in [1.54, 1.807) is 5.32 Å². The summed E-state index contributed by atoms with van der Waals surface area (Å²) in [6.07, 6.45) is -5.15. The quantitative estimate of drug-likeness (QED) is 0.280. The Morgan fingerprint density at radius 1 is 1.38 bits per heavy atom. The first-order valence-electron chi connectivity index (χ1n) is 9.08. The molecule has 3 heterocycles. The number of amidine groups is 1. The van der Waals surface area contributed by atoms with Crippen LogP contribution in [-0.4, -0.2) is 81.6 Å². The third kappa shape index (κ3) is 3.68. The Morgan fingerprint density at radius 2 is 2.03 bits per heavy atom. The number of nitrogens with one attached hydrogen (secondary N) is 2. The highest BCUT2D eigenvalue weighted by molar-refractivity contribution is 5.99. The molecular weight excluding hydrogens is 397 g/mol. The van der Waals surface area contributed by atoms with E-state index in [0.29, 0.717) is 25.0 Å². The van der Waals surface area contributed by atoms with E-state index in [2.05, 4.69) is 0 Å². The maximum Gasteiger partial charge on any atom is 0.471 e. The third-order valence-electron chi connectivity index (χ3n) is 5.70. The van der Waals surface area contributed by atoms with E-state index < -0.39 is 48.6 Å². The molecule has 0 aromatic heterocycles. The fraction of sp³-hybridized carbons (Fsp3) is 0.647. The van der Waals surface area contributed by atoms with Crippen molar-refractivity contribution in [3.05, 3.63) is 11.3 Å². The van der Waals surface area contributed by atoms with Gasteiger partial charge in [0.2, 0.25) is 5.91 Å². The summed E-state index contributed by atoms with van der Waals surface area (Å²) in [7, 11) is 0. The average Bonchev–Trinajstić information content (AvgIpc) is 3.20. The van der Waals surface area contributed by atoms with E-state index in [-0.39, 0.29) is 24.0 Å². The van der Waals surface area contributed by atoms with Crippen molar-refractivity contribution in [2.75, 3.05) is 19.6 Å². The zero-order valence-electron chi connectivity index (χ0n) is 15.5. The standard InChI is InChI=1S/C17H21F3N4O5/c1-7(25)12-10-4-9(13(15(27)28)24(10)14(12)26)8-2-3-23(6-8)11(21)5-22-16(29)17(18,19)20/h7-8,10,12,21,25H,2-6H2,1H3,(H,22,29)(H,27,28)/t7-,8-,10-,12-/m1/s1. The number of β-lactam (4-membered cyclic amide) rings is 1. The molecule has 2 fully saturated rings. The highest BCUT2D eigenvalue weighted by atomic mass is 19.4. The van der Waals surface area contributed by atoms with Crippen LogP contribution < -0.4 is 5.32 Å². The minimum Gasteiger partial charge on any atom is -0.477 e. The molecule has 0 radical (unpaired) electrons. The van der Waals surface area contributed by atoms with Crippen molar-refractivity contribution >= 4 is 23.6 Å². The molecule has 2 saturated heterocycles. The number of aliphatic hydroxyl groups is 1. The lowest BCUT2D eigenvalue weighted by molar-refractivity contribution is -0.173. The number of likely N-dealkylation sites (tertiary alicyclic amines) is 1. The summed E-state index contributed by atoms with van der Waals surface area (Å²) < 4.78 is 36.8. The number of alkyl halides is 3. The Balaban J connectivity index is 1.67. The molecule has 3 aliphatic rings. The first kappa shape index (κ1) is 21.1. The highest BCUT2D eigenvalue weighted by Gasteiger charge is 2.57. The summed E-state index contributed by atoms with van der Waals surface area (Å²) in [5.41, 5.74) is 0.453. The molecule has 2 amide bonds. The Hall–Kier alpha value is -2.63. The van der Waals surface area contributed by atoms with Gasteiger partial charge in [0.15, 0.2) is 0 Å². The molecule has 0 spiro atoms. The molecule has 160 valence electrons. The fourth-order valence-corrected chi connectivity index (χ4v) is 4.33. The second-order valence-electron chi connectivity index (χ2n) is 7.48. The molecule has 9 nitrogen and oxygen atoms in total. The molecule has 29 heavy (non-hydrogen) atoms. The van der Waals surface area contributed by atoms with Crippen molar-refractivity contribution in [3.8, 4) is 0 Å². The lowest BCUT2D eigenvalue weighted by Crippen LogP contribution is -2.61. The summed E-state index contributed by atoms with van der Waals surface area (Å²) >= 11 is 0. The molecule has 0 aromatic rings. The Bertz CT molecular complexity index is 794. The van der Waals surface area contributed by atoms with Crippen LogP contribution in [-0.2, 0) is 14.4 Å². The summed E-state index contributed by atoms with van der Waals surface area (Å²) in [4.78, 5) is 37.6. The minimum atomic E-state index is -5.03. The SMILES string of the molecule is C[C@@H](O)[C@H]1C(=O)N2C(C(=O)O)=C([C@@H]3CCN(C(=N)CNC(=O)C(F)(F)F)C3)C[C@H]12. The van der Waals surface area contributed by atoms with Gasteiger partial charge in [-0.2, -0.15) is 13.2 Å². The largest absolute Gasteiger partial charge is 0.477 e. The van der Waals surface area contributed by atoms with Crippen LogP contribution >= 0.6 is 0 Å².